The average molecular weight is 154 g/mol. The van der Waals surface area contributed by atoms with Crippen LogP contribution in [0.1, 0.15) is 46.5 Å². The first-order chi connectivity index (χ1) is 5.06. The fourth-order valence-corrected chi connectivity index (χ4v) is 2.40. The zero-order chi connectivity index (χ0) is 8.11. The third-order valence-corrected chi connectivity index (χ3v) is 3.59. The molecule has 1 heteroatoms. The van der Waals surface area contributed by atoms with Gasteiger partial charge in [-0.1, -0.05) is 6.92 Å². The maximum absolute atomic E-state index is 5.78. The number of rotatable bonds is 0. The highest BCUT2D eigenvalue weighted by molar-refractivity contribution is 5.11. The lowest BCUT2D eigenvalue weighted by atomic mass is 9.77. The molecule has 1 spiro atoms. The summed E-state index contributed by atoms with van der Waals surface area (Å²) in [5.41, 5.74) is 0.507. The Balaban J connectivity index is 2.00. The Morgan fingerprint density at radius 3 is 2.00 bits per heavy atom. The highest BCUT2D eigenvalue weighted by Crippen LogP contribution is 2.56. The van der Waals surface area contributed by atoms with Crippen LogP contribution in [0.3, 0.4) is 0 Å². The molecule has 11 heavy (non-hydrogen) atoms. The highest BCUT2D eigenvalue weighted by Gasteiger charge is 2.63. The molecule has 0 amide bonds. The molecule has 1 nitrogen and oxygen atoms in total. The van der Waals surface area contributed by atoms with Crippen LogP contribution in [0.5, 0.6) is 0 Å². The minimum atomic E-state index is 0.202. The largest absolute Gasteiger partial charge is 0.363 e. The predicted octanol–water partition coefficient (Wildman–Crippen LogP) is 2.74. The third kappa shape index (κ3) is 1.01. The van der Waals surface area contributed by atoms with E-state index in [-0.39, 0.29) is 5.60 Å². The summed E-state index contributed by atoms with van der Waals surface area (Å²) in [6, 6.07) is 0. The van der Waals surface area contributed by atoms with Crippen LogP contribution >= 0.6 is 0 Å². The lowest BCUT2D eigenvalue weighted by Crippen LogP contribution is -2.26. The third-order valence-electron chi connectivity index (χ3n) is 3.59. The molecule has 2 fully saturated rings. The summed E-state index contributed by atoms with van der Waals surface area (Å²) < 4.78 is 5.78. The van der Waals surface area contributed by atoms with E-state index in [0.717, 1.165) is 5.92 Å². The van der Waals surface area contributed by atoms with Crippen LogP contribution in [0.15, 0.2) is 0 Å². The fraction of sp³-hybridized carbons (Fsp3) is 1.00. The fourth-order valence-electron chi connectivity index (χ4n) is 2.40. The van der Waals surface area contributed by atoms with Crippen LogP contribution in [0, 0.1) is 5.92 Å². The maximum atomic E-state index is 5.78. The second-order valence-electron chi connectivity index (χ2n) is 4.79. The van der Waals surface area contributed by atoms with Gasteiger partial charge >= 0.3 is 0 Å². The van der Waals surface area contributed by atoms with E-state index in [9.17, 15) is 0 Å². The average Bonchev–Trinajstić information content (AvgIpc) is 2.44. The Morgan fingerprint density at radius 1 is 1.18 bits per heavy atom. The molecule has 2 rings (SSSR count). The van der Waals surface area contributed by atoms with Crippen molar-refractivity contribution in [3.8, 4) is 0 Å². The zero-order valence-corrected chi connectivity index (χ0v) is 7.81. The van der Waals surface area contributed by atoms with Crippen LogP contribution in [-0.2, 0) is 4.74 Å². The standard InChI is InChI=1S/C10H18O/c1-8-4-6-10(7-5-8)9(2,3)11-10/h8H,4-7H2,1-3H3. The summed E-state index contributed by atoms with van der Waals surface area (Å²) in [6.07, 6.45) is 5.31. The van der Waals surface area contributed by atoms with Gasteiger partial charge in [-0.2, -0.15) is 0 Å². The van der Waals surface area contributed by atoms with Crippen LogP contribution in [-0.4, -0.2) is 11.2 Å². The van der Waals surface area contributed by atoms with Gasteiger partial charge in [0.05, 0.1) is 11.2 Å². The van der Waals surface area contributed by atoms with Gasteiger partial charge in [-0.25, -0.2) is 0 Å². The van der Waals surface area contributed by atoms with E-state index in [1.807, 2.05) is 0 Å². The molecule has 2 aliphatic rings. The van der Waals surface area contributed by atoms with Crippen LogP contribution in [0.4, 0.5) is 0 Å². The number of ether oxygens (including phenoxy) is 1. The molecule has 0 N–H and O–H groups in total. The first kappa shape index (κ1) is 7.60. The van der Waals surface area contributed by atoms with Crippen molar-refractivity contribution in [3.05, 3.63) is 0 Å². The predicted molar refractivity (Wildman–Crippen MR) is 45.5 cm³/mol. The van der Waals surface area contributed by atoms with E-state index in [2.05, 4.69) is 20.8 Å². The normalized spacial score (nSPS) is 47.7. The molecule has 0 unspecified atom stereocenters. The van der Waals surface area contributed by atoms with Crippen LogP contribution in [0.25, 0.3) is 0 Å². The van der Waals surface area contributed by atoms with E-state index in [4.69, 9.17) is 4.74 Å². The molecule has 0 aromatic rings. The SMILES string of the molecule is CC1CCC2(CC1)OC2(C)C. The summed E-state index contributed by atoms with van der Waals surface area (Å²) in [4.78, 5) is 0. The smallest absolute Gasteiger partial charge is 0.0974 e. The van der Waals surface area contributed by atoms with Gasteiger partial charge in [0.15, 0.2) is 0 Å². The topological polar surface area (TPSA) is 12.5 Å². The molecule has 0 atom stereocenters. The first-order valence-electron chi connectivity index (χ1n) is 4.76. The van der Waals surface area contributed by atoms with Gasteiger partial charge in [0.25, 0.3) is 0 Å². The van der Waals surface area contributed by atoms with Gasteiger partial charge in [0.1, 0.15) is 0 Å². The van der Waals surface area contributed by atoms with E-state index < -0.39 is 0 Å². The number of hydrogen-bond acceptors (Lipinski definition) is 1. The van der Waals surface area contributed by atoms with Gasteiger partial charge in [-0.05, 0) is 45.4 Å². The molecular weight excluding hydrogens is 136 g/mol. The summed E-state index contributed by atoms with van der Waals surface area (Å²) in [7, 11) is 0. The first-order valence-corrected chi connectivity index (χ1v) is 4.76. The summed E-state index contributed by atoms with van der Waals surface area (Å²) in [6.45, 7) is 6.80. The number of epoxide rings is 1. The van der Waals surface area contributed by atoms with Gasteiger partial charge in [-0.3, -0.25) is 0 Å². The van der Waals surface area contributed by atoms with E-state index in [1.165, 1.54) is 25.7 Å². The molecular formula is C10H18O. The Morgan fingerprint density at radius 2 is 1.64 bits per heavy atom. The van der Waals surface area contributed by atoms with Gasteiger partial charge in [0, 0.05) is 0 Å². The molecule has 64 valence electrons. The Bertz CT molecular complexity index is 164. The summed E-state index contributed by atoms with van der Waals surface area (Å²) in [5.74, 6) is 0.931. The van der Waals surface area contributed by atoms with Crippen molar-refractivity contribution >= 4 is 0 Å². The molecule has 1 aliphatic heterocycles. The molecule has 1 aliphatic carbocycles. The molecule has 0 aromatic carbocycles. The Hall–Kier alpha value is -0.0400. The maximum Gasteiger partial charge on any atom is 0.0974 e. The second kappa shape index (κ2) is 2.01. The minimum Gasteiger partial charge on any atom is -0.363 e. The molecule has 0 bridgehead atoms. The quantitative estimate of drug-likeness (QED) is 0.489. The van der Waals surface area contributed by atoms with Crippen molar-refractivity contribution in [1.82, 2.24) is 0 Å². The molecule has 0 aromatic heterocycles. The molecule has 0 radical (unpaired) electrons. The van der Waals surface area contributed by atoms with Gasteiger partial charge < -0.3 is 4.74 Å². The van der Waals surface area contributed by atoms with Crippen molar-refractivity contribution < 1.29 is 4.74 Å². The van der Waals surface area contributed by atoms with E-state index in [1.54, 1.807) is 0 Å². The highest BCUT2D eigenvalue weighted by atomic mass is 16.6. The van der Waals surface area contributed by atoms with Crippen LogP contribution in [0.2, 0.25) is 0 Å². The van der Waals surface area contributed by atoms with Crippen molar-refractivity contribution in [3.63, 3.8) is 0 Å². The Labute approximate surface area is 69.1 Å². The summed E-state index contributed by atoms with van der Waals surface area (Å²) in [5, 5.41) is 0. The molecule has 1 heterocycles. The molecule has 1 saturated heterocycles. The Kier molecular flexibility index (Phi) is 1.39. The lowest BCUT2D eigenvalue weighted by molar-refractivity contribution is 0.202. The molecule has 1 saturated carbocycles. The van der Waals surface area contributed by atoms with Crippen molar-refractivity contribution in [1.29, 1.82) is 0 Å². The monoisotopic (exact) mass is 154 g/mol. The summed E-state index contributed by atoms with van der Waals surface area (Å²) >= 11 is 0. The second-order valence-corrected chi connectivity index (χ2v) is 4.79. The lowest BCUT2D eigenvalue weighted by Gasteiger charge is -2.24. The van der Waals surface area contributed by atoms with Gasteiger partial charge in [0.2, 0.25) is 0 Å². The zero-order valence-electron chi connectivity index (χ0n) is 7.81. The van der Waals surface area contributed by atoms with E-state index >= 15 is 0 Å². The number of hydrogen-bond donors (Lipinski definition) is 0. The van der Waals surface area contributed by atoms with Gasteiger partial charge in [-0.15, -0.1) is 0 Å². The van der Waals surface area contributed by atoms with Crippen molar-refractivity contribution in [2.45, 2.75) is 57.7 Å². The minimum absolute atomic E-state index is 0.202. The van der Waals surface area contributed by atoms with Crippen molar-refractivity contribution in [2.75, 3.05) is 0 Å². The van der Waals surface area contributed by atoms with Crippen LogP contribution < -0.4 is 0 Å². The van der Waals surface area contributed by atoms with E-state index in [0.29, 0.717) is 5.60 Å². The van der Waals surface area contributed by atoms with Crippen molar-refractivity contribution in [2.24, 2.45) is 5.92 Å².